The molecule has 2 N–H and O–H groups in total. The highest BCUT2D eigenvalue weighted by molar-refractivity contribution is 7.12. The largest absolute Gasteiger partial charge is 0.497 e. The zero-order valence-corrected chi connectivity index (χ0v) is 22.2. The Balaban J connectivity index is 2.00. The van der Waals surface area contributed by atoms with Crippen molar-refractivity contribution >= 4 is 29.1 Å². The Kier molecular flexibility index (Phi) is 9.41. The van der Waals surface area contributed by atoms with Crippen LogP contribution in [-0.4, -0.2) is 41.8 Å². The van der Waals surface area contributed by atoms with Crippen LogP contribution in [-0.2, 0) is 16.1 Å². The van der Waals surface area contributed by atoms with Crippen LogP contribution in [0.3, 0.4) is 0 Å². The summed E-state index contributed by atoms with van der Waals surface area (Å²) in [4.78, 5) is 41.7. The van der Waals surface area contributed by atoms with E-state index in [2.05, 4.69) is 10.6 Å². The number of amides is 3. The second-order valence-electron chi connectivity index (χ2n) is 9.21. The quantitative estimate of drug-likeness (QED) is 0.380. The molecule has 1 atom stereocenters. The molecule has 2 aromatic carbocycles. The highest BCUT2D eigenvalue weighted by atomic mass is 32.1. The van der Waals surface area contributed by atoms with Gasteiger partial charge in [-0.3, -0.25) is 14.4 Å². The summed E-state index contributed by atoms with van der Waals surface area (Å²) in [5.74, 6) is -1.09. The Labute approximate surface area is 220 Å². The van der Waals surface area contributed by atoms with Crippen LogP contribution in [0.15, 0.2) is 66.0 Å². The van der Waals surface area contributed by atoms with Crippen molar-refractivity contribution in [3.63, 3.8) is 0 Å². The van der Waals surface area contributed by atoms with E-state index in [0.717, 1.165) is 0 Å². The summed E-state index contributed by atoms with van der Waals surface area (Å²) in [6.45, 7) is 5.48. The van der Waals surface area contributed by atoms with E-state index in [4.69, 9.17) is 4.74 Å². The van der Waals surface area contributed by atoms with E-state index < -0.39 is 23.3 Å². The molecule has 0 spiro atoms. The third-order valence-corrected chi connectivity index (χ3v) is 6.92. The van der Waals surface area contributed by atoms with Crippen molar-refractivity contribution in [3.05, 3.63) is 87.9 Å². The molecule has 37 heavy (non-hydrogen) atoms. The van der Waals surface area contributed by atoms with Crippen LogP contribution in [0.5, 0.6) is 5.75 Å². The maximum Gasteiger partial charge on any atom is 0.261 e. The lowest BCUT2D eigenvalue weighted by molar-refractivity contribution is -0.141. The van der Waals surface area contributed by atoms with E-state index in [-0.39, 0.29) is 24.9 Å². The molecule has 0 saturated heterocycles. The molecule has 3 amide bonds. The first kappa shape index (κ1) is 27.9. The fourth-order valence-electron chi connectivity index (χ4n) is 3.64. The number of thiophene rings is 1. The lowest BCUT2D eigenvalue weighted by Crippen LogP contribution is -2.51. The zero-order valence-electron chi connectivity index (χ0n) is 21.4. The Morgan fingerprint density at radius 2 is 1.81 bits per heavy atom. The van der Waals surface area contributed by atoms with Crippen LogP contribution < -0.4 is 15.4 Å². The van der Waals surface area contributed by atoms with Crippen molar-refractivity contribution in [3.8, 4) is 5.75 Å². The summed E-state index contributed by atoms with van der Waals surface area (Å²) >= 11 is 1.27. The molecule has 0 fully saturated rings. The SMILES string of the molecule is CCC(C)(C)NC(=O)[C@H](c1cccc(OC)c1)N(Cc1ccc(F)cc1)C(=O)CNC(=O)c1cccs1. The lowest BCUT2D eigenvalue weighted by Gasteiger charge is -2.35. The molecule has 0 saturated carbocycles. The van der Waals surface area contributed by atoms with Crippen molar-refractivity contribution in [1.29, 1.82) is 0 Å². The van der Waals surface area contributed by atoms with Gasteiger partial charge in [-0.1, -0.05) is 37.3 Å². The number of hydrogen-bond acceptors (Lipinski definition) is 5. The smallest absolute Gasteiger partial charge is 0.261 e. The molecule has 0 aliphatic heterocycles. The summed E-state index contributed by atoms with van der Waals surface area (Å²) in [5, 5.41) is 7.47. The minimum Gasteiger partial charge on any atom is -0.497 e. The molecule has 7 nitrogen and oxygen atoms in total. The number of benzene rings is 2. The van der Waals surface area contributed by atoms with Crippen LogP contribution in [0.25, 0.3) is 0 Å². The van der Waals surface area contributed by atoms with Gasteiger partial charge in [-0.05, 0) is 67.1 Å². The Morgan fingerprint density at radius 3 is 2.43 bits per heavy atom. The molecule has 3 aromatic rings. The average molecular weight is 526 g/mol. The molecule has 0 unspecified atom stereocenters. The van der Waals surface area contributed by atoms with E-state index in [1.807, 2.05) is 20.8 Å². The van der Waals surface area contributed by atoms with Gasteiger partial charge in [0.15, 0.2) is 0 Å². The standard InChI is InChI=1S/C28H32FN3O4S/c1-5-28(2,3)31-27(35)25(20-8-6-9-22(16-20)36-4)32(18-19-11-13-21(29)14-12-19)24(33)17-30-26(34)23-10-7-15-37-23/h6-16,25H,5,17-18H2,1-4H3,(H,30,34)(H,31,35)/t25-/m0/s1. The van der Waals surface area contributed by atoms with E-state index in [9.17, 15) is 18.8 Å². The van der Waals surface area contributed by atoms with Crippen LogP contribution in [0.4, 0.5) is 4.39 Å². The van der Waals surface area contributed by atoms with Crippen molar-refractivity contribution < 1.29 is 23.5 Å². The summed E-state index contributed by atoms with van der Waals surface area (Å²) in [6, 6.07) is 15.1. The number of nitrogens with zero attached hydrogens (tertiary/aromatic N) is 1. The highest BCUT2D eigenvalue weighted by Gasteiger charge is 2.34. The number of carbonyl (C=O) groups excluding carboxylic acids is 3. The number of carbonyl (C=O) groups is 3. The normalized spacial score (nSPS) is 11.9. The van der Waals surface area contributed by atoms with Crippen molar-refractivity contribution in [1.82, 2.24) is 15.5 Å². The Hall–Kier alpha value is -3.72. The maximum atomic E-state index is 13.7. The predicted molar refractivity (Wildman–Crippen MR) is 142 cm³/mol. The van der Waals surface area contributed by atoms with Gasteiger partial charge in [-0.25, -0.2) is 4.39 Å². The van der Waals surface area contributed by atoms with Gasteiger partial charge < -0.3 is 20.3 Å². The Morgan fingerprint density at radius 1 is 1.08 bits per heavy atom. The third kappa shape index (κ3) is 7.63. The van der Waals surface area contributed by atoms with Crippen molar-refractivity contribution in [2.45, 2.75) is 45.3 Å². The van der Waals surface area contributed by atoms with E-state index >= 15 is 0 Å². The fraction of sp³-hybridized carbons (Fsp3) is 0.321. The van der Waals surface area contributed by atoms with E-state index in [1.54, 1.807) is 53.9 Å². The predicted octanol–water partition coefficient (Wildman–Crippen LogP) is 4.70. The van der Waals surface area contributed by atoms with Gasteiger partial charge in [-0.15, -0.1) is 11.3 Å². The van der Waals surface area contributed by atoms with Crippen molar-refractivity contribution in [2.75, 3.05) is 13.7 Å². The topological polar surface area (TPSA) is 87.7 Å². The minimum absolute atomic E-state index is 0.0236. The van der Waals surface area contributed by atoms with E-state index in [1.165, 1.54) is 35.5 Å². The molecular formula is C28H32FN3O4S. The number of nitrogens with one attached hydrogen (secondary N) is 2. The summed E-state index contributed by atoms with van der Waals surface area (Å²) in [7, 11) is 1.52. The number of rotatable bonds is 11. The molecule has 196 valence electrons. The molecule has 0 aliphatic carbocycles. The number of ether oxygens (including phenoxy) is 1. The Bertz CT molecular complexity index is 1210. The van der Waals surface area contributed by atoms with Gasteiger partial charge in [0.25, 0.3) is 5.91 Å². The molecule has 9 heteroatoms. The van der Waals surface area contributed by atoms with E-state index in [0.29, 0.717) is 28.2 Å². The van der Waals surface area contributed by atoms with Gasteiger partial charge >= 0.3 is 0 Å². The molecule has 0 aliphatic rings. The lowest BCUT2D eigenvalue weighted by atomic mass is 9.98. The molecular weight excluding hydrogens is 493 g/mol. The molecule has 0 bridgehead atoms. The van der Waals surface area contributed by atoms with Crippen LogP contribution in [0, 0.1) is 5.82 Å². The van der Waals surface area contributed by atoms with Gasteiger partial charge in [0.1, 0.15) is 17.6 Å². The first-order valence-electron chi connectivity index (χ1n) is 11.9. The van der Waals surface area contributed by atoms with Crippen LogP contribution >= 0.6 is 11.3 Å². The monoisotopic (exact) mass is 525 g/mol. The first-order chi connectivity index (χ1) is 17.6. The molecule has 3 rings (SSSR count). The van der Waals surface area contributed by atoms with Crippen LogP contribution in [0.1, 0.15) is 54.0 Å². The van der Waals surface area contributed by atoms with Crippen molar-refractivity contribution in [2.24, 2.45) is 0 Å². The average Bonchev–Trinajstić information content (AvgIpc) is 3.43. The molecule has 1 heterocycles. The highest BCUT2D eigenvalue weighted by Crippen LogP contribution is 2.28. The van der Waals surface area contributed by atoms with Gasteiger partial charge in [-0.2, -0.15) is 0 Å². The summed E-state index contributed by atoms with van der Waals surface area (Å²) < 4.78 is 18.9. The fourth-order valence-corrected chi connectivity index (χ4v) is 4.28. The summed E-state index contributed by atoms with van der Waals surface area (Å²) in [5.41, 5.74) is 0.658. The second kappa shape index (κ2) is 12.5. The number of hydrogen-bond donors (Lipinski definition) is 2. The number of methoxy groups -OCH3 is 1. The van der Waals surface area contributed by atoms with Gasteiger partial charge in [0, 0.05) is 12.1 Å². The van der Waals surface area contributed by atoms with Crippen LogP contribution in [0.2, 0.25) is 0 Å². The zero-order chi connectivity index (χ0) is 27.0. The van der Waals surface area contributed by atoms with Gasteiger partial charge in [0.2, 0.25) is 11.8 Å². The summed E-state index contributed by atoms with van der Waals surface area (Å²) in [6.07, 6.45) is 0.673. The first-order valence-corrected chi connectivity index (χ1v) is 12.8. The molecule has 1 aromatic heterocycles. The second-order valence-corrected chi connectivity index (χ2v) is 10.2. The van der Waals surface area contributed by atoms with Gasteiger partial charge in [0.05, 0.1) is 18.5 Å². The molecule has 0 radical (unpaired) electrons. The number of halogens is 1. The third-order valence-electron chi connectivity index (χ3n) is 6.05. The minimum atomic E-state index is -1.03. The maximum absolute atomic E-state index is 13.7.